The van der Waals surface area contributed by atoms with E-state index in [-0.39, 0.29) is 24.3 Å². The number of hydrogen-bond acceptors (Lipinski definition) is 3. The minimum Gasteiger partial charge on any atom is -0.352 e. The van der Waals surface area contributed by atoms with Crippen molar-refractivity contribution in [2.45, 2.75) is 51.7 Å². The fourth-order valence-electron chi connectivity index (χ4n) is 5.63. The summed E-state index contributed by atoms with van der Waals surface area (Å²) in [5.41, 5.74) is 7.04. The minimum atomic E-state index is -0.217. The molecule has 0 spiro atoms. The van der Waals surface area contributed by atoms with Crippen LogP contribution in [0.2, 0.25) is 0 Å². The van der Waals surface area contributed by atoms with Crippen LogP contribution in [0.25, 0.3) is 11.1 Å². The van der Waals surface area contributed by atoms with E-state index in [0.29, 0.717) is 13.1 Å². The zero-order valence-corrected chi connectivity index (χ0v) is 21.1. The van der Waals surface area contributed by atoms with Crippen LogP contribution in [0, 0.1) is 0 Å². The zero-order valence-electron chi connectivity index (χ0n) is 21.1. The first-order valence-corrected chi connectivity index (χ1v) is 13.1. The van der Waals surface area contributed by atoms with Gasteiger partial charge in [-0.3, -0.25) is 14.5 Å². The van der Waals surface area contributed by atoms with Crippen molar-refractivity contribution in [3.05, 3.63) is 95.1 Å². The molecule has 5 nitrogen and oxygen atoms in total. The molecule has 2 aliphatic rings. The lowest BCUT2D eigenvalue weighted by molar-refractivity contribution is -0.133. The Bertz CT molecular complexity index is 1210. The molecule has 0 saturated carbocycles. The Labute approximate surface area is 214 Å². The van der Waals surface area contributed by atoms with Gasteiger partial charge in [-0.05, 0) is 65.7 Å². The highest BCUT2D eigenvalue weighted by molar-refractivity contribution is 5.80. The van der Waals surface area contributed by atoms with Gasteiger partial charge in [0.15, 0.2) is 0 Å². The molecule has 1 saturated heterocycles. The zero-order chi connectivity index (χ0) is 24.9. The maximum Gasteiger partial charge on any atom is 0.222 e. The Morgan fingerprint density at radius 2 is 1.61 bits per heavy atom. The first-order chi connectivity index (χ1) is 17.6. The molecular formula is C31H35N3O2. The van der Waals surface area contributed by atoms with Crippen LogP contribution in [-0.4, -0.2) is 41.2 Å². The summed E-state index contributed by atoms with van der Waals surface area (Å²) in [4.78, 5) is 29.7. The van der Waals surface area contributed by atoms with Crippen LogP contribution < -0.4 is 5.32 Å². The van der Waals surface area contributed by atoms with Gasteiger partial charge in [-0.15, -0.1) is 0 Å². The molecule has 5 heteroatoms. The first-order valence-electron chi connectivity index (χ1n) is 13.1. The molecule has 5 rings (SSSR count). The molecule has 1 unspecified atom stereocenters. The number of nitrogens with one attached hydrogen (secondary N) is 1. The second kappa shape index (κ2) is 11.1. The summed E-state index contributed by atoms with van der Waals surface area (Å²) in [7, 11) is 0. The second-order valence-electron chi connectivity index (χ2n) is 10.00. The van der Waals surface area contributed by atoms with E-state index < -0.39 is 0 Å². The van der Waals surface area contributed by atoms with Crippen molar-refractivity contribution >= 4 is 11.8 Å². The SMILES string of the molecule is CC(=O)N1CCc2ccccc2C1CC(=O)NCc1ccccc1-c1ccc(CN2CCCC2)cc1. The fraction of sp³-hybridized carbons (Fsp3) is 0.355. The number of nitrogens with zero attached hydrogens (tertiary/aromatic N) is 2. The lowest BCUT2D eigenvalue weighted by atomic mass is 9.90. The second-order valence-corrected chi connectivity index (χ2v) is 10.00. The van der Waals surface area contributed by atoms with E-state index in [2.05, 4.69) is 52.7 Å². The van der Waals surface area contributed by atoms with Crippen molar-refractivity contribution in [1.29, 1.82) is 0 Å². The Morgan fingerprint density at radius 3 is 2.39 bits per heavy atom. The van der Waals surface area contributed by atoms with E-state index in [1.54, 1.807) is 6.92 Å². The van der Waals surface area contributed by atoms with Gasteiger partial charge in [0.05, 0.1) is 12.5 Å². The van der Waals surface area contributed by atoms with Gasteiger partial charge in [-0.2, -0.15) is 0 Å². The predicted octanol–water partition coefficient (Wildman–Crippen LogP) is 5.10. The van der Waals surface area contributed by atoms with Crippen molar-refractivity contribution in [2.75, 3.05) is 19.6 Å². The van der Waals surface area contributed by atoms with Crippen molar-refractivity contribution in [1.82, 2.24) is 15.1 Å². The molecule has 1 N–H and O–H groups in total. The van der Waals surface area contributed by atoms with Crippen molar-refractivity contribution in [3.8, 4) is 11.1 Å². The minimum absolute atomic E-state index is 0.0147. The molecule has 2 aliphatic heterocycles. The number of hydrogen-bond donors (Lipinski definition) is 1. The van der Waals surface area contributed by atoms with Gasteiger partial charge in [0.25, 0.3) is 0 Å². The van der Waals surface area contributed by atoms with Gasteiger partial charge in [0, 0.05) is 26.6 Å². The number of benzene rings is 3. The van der Waals surface area contributed by atoms with Gasteiger partial charge >= 0.3 is 0 Å². The summed E-state index contributed by atoms with van der Waals surface area (Å²) in [6, 6.07) is 25.0. The van der Waals surface area contributed by atoms with Crippen LogP contribution in [0.5, 0.6) is 0 Å². The summed E-state index contributed by atoms with van der Waals surface area (Å²) in [6.07, 6.45) is 3.70. The highest BCUT2D eigenvalue weighted by atomic mass is 16.2. The van der Waals surface area contributed by atoms with Crippen LogP contribution in [0.3, 0.4) is 0 Å². The van der Waals surface area contributed by atoms with Gasteiger partial charge in [-0.25, -0.2) is 0 Å². The summed E-state index contributed by atoms with van der Waals surface area (Å²) in [5, 5.41) is 3.12. The van der Waals surface area contributed by atoms with E-state index in [0.717, 1.165) is 35.2 Å². The fourth-order valence-corrected chi connectivity index (χ4v) is 5.63. The van der Waals surface area contributed by atoms with E-state index in [9.17, 15) is 9.59 Å². The Morgan fingerprint density at radius 1 is 0.889 bits per heavy atom. The molecular weight excluding hydrogens is 446 g/mol. The standard InChI is InChI=1S/C31H35N3O2/c1-23(35)34-19-16-25-8-2-5-11-29(25)30(34)20-31(36)32-21-27-9-3-4-10-28(27)26-14-12-24(13-15-26)22-33-17-6-7-18-33/h2-5,8-15,30H,6-7,16-22H2,1H3,(H,32,36). The van der Waals surface area contributed by atoms with E-state index in [4.69, 9.17) is 0 Å². The maximum absolute atomic E-state index is 13.1. The molecule has 186 valence electrons. The molecule has 2 heterocycles. The molecule has 3 aromatic rings. The maximum atomic E-state index is 13.1. The third kappa shape index (κ3) is 5.52. The van der Waals surface area contributed by atoms with E-state index >= 15 is 0 Å². The molecule has 0 aliphatic carbocycles. The summed E-state index contributed by atoms with van der Waals surface area (Å²) >= 11 is 0. The smallest absolute Gasteiger partial charge is 0.222 e. The van der Waals surface area contributed by atoms with Crippen molar-refractivity contribution in [2.24, 2.45) is 0 Å². The molecule has 1 atom stereocenters. The normalized spacial score (nSPS) is 17.6. The van der Waals surface area contributed by atoms with Crippen LogP contribution in [0.1, 0.15) is 54.5 Å². The van der Waals surface area contributed by atoms with Crippen molar-refractivity contribution in [3.63, 3.8) is 0 Å². The average Bonchev–Trinajstić information content (AvgIpc) is 3.41. The van der Waals surface area contributed by atoms with Crippen molar-refractivity contribution < 1.29 is 9.59 Å². The Balaban J connectivity index is 1.25. The molecule has 0 bridgehead atoms. The third-order valence-corrected chi connectivity index (χ3v) is 7.56. The number of likely N-dealkylation sites (tertiary alicyclic amines) is 1. The summed E-state index contributed by atoms with van der Waals surface area (Å²) < 4.78 is 0. The van der Waals surface area contributed by atoms with Gasteiger partial charge in [0.2, 0.25) is 11.8 Å². The summed E-state index contributed by atoms with van der Waals surface area (Å²) in [5.74, 6) is -0.0282. The highest BCUT2D eigenvalue weighted by Gasteiger charge is 2.30. The molecule has 2 amide bonds. The highest BCUT2D eigenvalue weighted by Crippen LogP contribution is 2.32. The molecule has 3 aromatic carbocycles. The van der Waals surface area contributed by atoms with Crippen LogP contribution in [0.15, 0.2) is 72.8 Å². The Kier molecular flexibility index (Phi) is 7.47. The number of fused-ring (bicyclic) bond motifs is 1. The topological polar surface area (TPSA) is 52.7 Å². The van der Waals surface area contributed by atoms with E-state index in [1.165, 1.54) is 37.1 Å². The quantitative estimate of drug-likeness (QED) is 0.511. The number of amides is 2. The molecule has 0 aromatic heterocycles. The van der Waals surface area contributed by atoms with Crippen LogP contribution in [-0.2, 0) is 29.1 Å². The van der Waals surface area contributed by atoms with E-state index in [1.807, 2.05) is 35.2 Å². The first kappa shape index (κ1) is 24.3. The molecule has 1 fully saturated rings. The number of carbonyl (C=O) groups is 2. The van der Waals surface area contributed by atoms with Gasteiger partial charge < -0.3 is 10.2 Å². The molecule has 36 heavy (non-hydrogen) atoms. The monoisotopic (exact) mass is 481 g/mol. The number of rotatable bonds is 7. The lowest BCUT2D eigenvalue weighted by Gasteiger charge is -2.36. The van der Waals surface area contributed by atoms with Crippen LogP contribution >= 0.6 is 0 Å². The summed E-state index contributed by atoms with van der Waals surface area (Å²) in [6.45, 7) is 6.10. The average molecular weight is 482 g/mol. The largest absolute Gasteiger partial charge is 0.352 e. The third-order valence-electron chi connectivity index (χ3n) is 7.56. The molecule has 0 radical (unpaired) electrons. The Hall–Kier alpha value is -3.44. The van der Waals surface area contributed by atoms with Gasteiger partial charge in [0.1, 0.15) is 0 Å². The predicted molar refractivity (Wildman–Crippen MR) is 143 cm³/mol. The lowest BCUT2D eigenvalue weighted by Crippen LogP contribution is -2.41. The number of carbonyl (C=O) groups excluding carboxylic acids is 2. The van der Waals surface area contributed by atoms with Crippen LogP contribution in [0.4, 0.5) is 0 Å². The van der Waals surface area contributed by atoms with Gasteiger partial charge in [-0.1, -0.05) is 72.8 Å².